The number of methoxy groups -OCH3 is 1. The van der Waals surface area contributed by atoms with Crippen molar-refractivity contribution in [3.8, 4) is 5.75 Å². The van der Waals surface area contributed by atoms with Gasteiger partial charge < -0.3 is 4.74 Å². The number of hydrogen-bond acceptors (Lipinski definition) is 5. The molecule has 2 amide bonds. The molecule has 0 saturated carbocycles. The summed E-state index contributed by atoms with van der Waals surface area (Å²) in [4.78, 5) is 28.0. The SMILES string of the molecule is COc1ccc(C2=NN(c3ccccc3)[C@H]3C(=O)N(c4ccc(F)cc4)C(=O)[C@H]23)cc1. The first kappa shape index (κ1) is 19.0. The molecule has 154 valence electrons. The lowest BCUT2D eigenvalue weighted by atomic mass is 9.93. The summed E-state index contributed by atoms with van der Waals surface area (Å²) in [5, 5.41) is 6.30. The first-order valence-corrected chi connectivity index (χ1v) is 9.79. The van der Waals surface area contributed by atoms with E-state index >= 15 is 0 Å². The van der Waals surface area contributed by atoms with Gasteiger partial charge in [-0.2, -0.15) is 5.10 Å². The maximum absolute atomic E-state index is 13.4. The molecule has 0 aromatic heterocycles. The van der Waals surface area contributed by atoms with Crippen molar-refractivity contribution in [1.29, 1.82) is 0 Å². The zero-order chi connectivity index (χ0) is 21.5. The van der Waals surface area contributed by atoms with Crippen LogP contribution in [0, 0.1) is 11.7 Å². The van der Waals surface area contributed by atoms with E-state index in [1.165, 1.54) is 24.3 Å². The number of imide groups is 1. The highest BCUT2D eigenvalue weighted by molar-refractivity contribution is 6.34. The van der Waals surface area contributed by atoms with E-state index in [1.54, 1.807) is 24.3 Å². The van der Waals surface area contributed by atoms with Crippen LogP contribution in [-0.2, 0) is 9.59 Å². The van der Waals surface area contributed by atoms with Gasteiger partial charge in [0, 0.05) is 0 Å². The molecule has 2 aliphatic heterocycles. The van der Waals surface area contributed by atoms with Crippen LogP contribution in [0.5, 0.6) is 5.75 Å². The fraction of sp³-hybridized carbons (Fsp3) is 0.125. The van der Waals surface area contributed by atoms with Crippen LogP contribution in [0.25, 0.3) is 0 Å². The number of anilines is 2. The Hall–Kier alpha value is -4.00. The summed E-state index contributed by atoms with van der Waals surface area (Å²) >= 11 is 0. The molecule has 0 N–H and O–H groups in total. The number of ether oxygens (including phenoxy) is 1. The van der Waals surface area contributed by atoms with Crippen LogP contribution in [0.4, 0.5) is 15.8 Å². The third kappa shape index (κ3) is 3.06. The second kappa shape index (κ2) is 7.36. The smallest absolute Gasteiger partial charge is 0.259 e. The van der Waals surface area contributed by atoms with Gasteiger partial charge in [-0.25, -0.2) is 9.29 Å². The summed E-state index contributed by atoms with van der Waals surface area (Å²) in [6, 6.07) is 21.0. The van der Waals surface area contributed by atoms with E-state index in [-0.39, 0.29) is 5.91 Å². The van der Waals surface area contributed by atoms with E-state index in [0.29, 0.717) is 22.8 Å². The zero-order valence-corrected chi connectivity index (χ0v) is 16.6. The second-order valence-corrected chi connectivity index (χ2v) is 7.30. The molecule has 3 aromatic carbocycles. The number of hydrogen-bond donors (Lipinski definition) is 0. The molecule has 0 radical (unpaired) electrons. The van der Waals surface area contributed by atoms with Gasteiger partial charge in [-0.15, -0.1) is 0 Å². The van der Waals surface area contributed by atoms with Crippen LogP contribution in [0.2, 0.25) is 0 Å². The topological polar surface area (TPSA) is 62.2 Å². The minimum Gasteiger partial charge on any atom is -0.497 e. The average molecular weight is 415 g/mol. The van der Waals surface area contributed by atoms with Crippen molar-refractivity contribution in [2.24, 2.45) is 11.0 Å². The lowest BCUT2D eigenvalue weighted by molar-refractivity contribution is -0.121. The van der Waals surface area contributed by atoms with E-state index in [2.05, 4.69) is 0 Å². The number of hydrazone groups is 1. The van der Waals surface area contributed by atoms with Gasteiger partial charge in [-0.05, 0) is 66.2 Å². The number of nitrogens with zero attached hydrogens (tertiary/aromatic N) is 3. The Morgan fingerprint density at radius 1 is 0.839 bits per heavy atom. The van der Waals surface area contributed by atoms with Crippen LogP contribution in [0.15, 0.2) is 84.0 Å². The quantitative estimate of drug-likeness (QED) is 0.611. The van der Waals surface area contributed by atoms with Gasteiger partial charge in [0.15, 0.2) is 0 Å². The standard InChI is InChI=1S/C24H18FN3O3/c1-31-19-13-7-15(8-14-19)21-20-22(28(26-21)18-5-3-2-4-6-18)24(30)27(23(20)29)17-11-9-16(25)10-12-17/h2-14,20,22H,1H3/t20-,22-/m1/s1. The number of carbonyl (C=O) groups excluding carboxylic acids is 2. The van der Waals surface area contributed by atoms with Crippen LogP contribution >= 0.6 is 0 Å². The molecule has 0 bridgehead atoms. The third-order valence-electron chi connectivity index (χ3n) is 5.54. The lowest BCUT2D eigenvalue weighted by Crippen LogP contribution is -2.39. The monoisotopic (exact) mass is 415 g/mol. The molecular weight excluding hydrogens is 397 g/mol. The predicted octanol–water partition coefficient (Wildman–Crippen LogP) is 3.62. The molecule has 3 aromatic rings. The number of para-hydroxylation sites is 1. The second-order valence-electron chi connectivity index (χ2n) is 7.30. The highest BCUT2D eigenvalue weighted by Crippen LogP contribution is 2.39. The minimum atomic E-state index is -0.808. The normalized spacial score (nSPS) is 20.1. The van der Waals surface area contributed by atoms with E-state index in [9.17, 15) is 14.0 Å². The van der Waals surface area contributed by atoms with E-state index in [4.69, 9.17) is 9.84 Å². The Labute approximate surface area is 178 Å². The summed E-state index contributed by atoms with van der Waals surface area (Å²) in [5.74, 6) is -1.30. The first-order valence-electron chi connectivity index (χ1n) is 9.79. The number of carbonyl (C=O) groups is 2. The highest BCUT2D eigenvalue weighted by Gasteiger charge is 2.57. The van der Waals surface area contributed by atoms with Crippen LogP contribution in [0.3, 0.4) is 0 Å². The number of halogens is 1. The molecule has 31 heavy (non-hydrogen) atoms. The van der Waals surface area contributed by atoms with Crippen LogP contribution in [0.1, 0.15) is 5.56 Å². The Kier molecular flexibility index (Phi) is 4.51. The number of benzene rings is 3. The van der Waals surface area contributed by atoms with Crippen LogP contribution < -0.4 is 14.6 Å². The van der Waals surface area contributed by atoms with Crippen molar-refractivity contribution in [3.05, 3.63) is 90.2 Å². The van der Waals surface area contributed by atoms with Gasteiger partial charge in [0.1, 0.15) is 23.5 Å². The third-order valence-corrected chi connectivity index (χ3v) is 5.54. The Bertz CT molecular complexity index is 1180. The zero-order valence-electron chi connectivity index (χ0n) is 16.6. The van der Waals surface area contributed by atoms with Crippen molar-refractivity contribution in [1.82, 2.24) is 0 Å². The molecule has 0 aliphatic carbocycles. The van der Waals surface area contributed by atoms with Gasteiger partial charge in [-0.3, -0.25) is 14.6 Å². The molecule has 6 nitrogen and oxygen atoms in total. The molecule has 0 spiro atoms. The maximum Gasteiger partial charge on any atom is 0.259 e. The molecular formula is C24H18FN3O3. The van der Waals surface area contributed by atoms with Crippen LogP contribution in [-0.4, -0.2) is 30.7 Å². The van der Waals surface area contributed by atoms with Crippen molar-refractivity contribution >= 4 is 28.9 Å². The van der Waals surface area contributed by atoms with E-state index in [0.717, 1.165) is 10.5 Å². The van der Waals surface area contributed by atoms with Crippen molar-refractivity contribution in [2.45, 2.75) is 6.04 Å². The van der Waals surface area contributed by atoms with Crippen molar-refractivity contribution in [3.63, 3.8) is 0 Å². The summed E-state index contributed by atoms with van der Waals surface area (Å²) in [6.45, 7) is 0. The fourth-order valence-corrected chi connectivity index (χ4v) is 4.05. The lowest BCUT2D eigenvalue weighted by Gasteiger charge is -2.22. The summed E-state index contributed by atoms with van der Waals surface area (Å²) in [5.41, 5.74) is 2.30. The molecule has 2 heterocycles. The molecule has 1 fully saturated rings. The van der Waals surface area contributed by atoms with Gasteiger partial charge in [0.05, 0.1) is 24.2 Å². The number of fused-ring (bicyclic) bond motifs is 1. The number of rotatable bonds is 4. The summed E-state index contributed by atoms with van der Waals surface area (Å²) in [7, 11) is 1.58. The highest BCUT2D eigenvalue weighted by atomic mass is 19.1. The molecule has 7 heteroatoms. The van der Waals surface area contributed by atoms with E-state index < -0.39 is 23.7 Å². The Morgan fingerprint density at radius 2 is 1.52 bits per heavy atom. The number of amides is 2. The van der Waals surface area contributed by atoms with Crippen molar-refractivity contribution in [2.75, 3.05) is 17.0 Å². The van der Waals surface area contributed by atoms with E-state index in [1.807, 2.05) is 42.5 Å². The fourth-order valence-electron chi connectivity index (χ4n) is 4.05. The molecule has 5 rings (SSSR count). The van der Waals surface area contributed by atoms with Gasteiger partial charge in [0.25, 0.3) is 5.91 Å². The molecule has 0 unspecified atom stereocenters. The summed E-state index contributed by atoms with van der Waals surface area (Å²) < 4.78 is 18.6. The molecule has 2 aliphatic rings. The van der Waals surface area contributed by atoms with Gasteiger partial charge in [-0.1, -0.05) is 18.2 Å². The first-order chi connectivity index (χ1) is 15.1. The van der Waals surface area contributed by atoms with Gasteiger partial charge >= 0.3 is 0 Å². The summed E-state index contributed by atoms with van der Waals surface area (Å²) in [6.07, 6.45) is 0. The predicted molar refractivity (Wildman–Crippen MR) is 115 cm³/mol. The maximum atomic E-state index is 13.4. The average Bonchev–Trinajstić information content (AvgIpc) is 3.32. The van der Waals surface area contributed by atoms with Crippen molar-refractivity contribution < 1.29 is 18.7 Å². The molecule has 2 atom stereocenters. The minimum absolute atomic E-state index is 0.341. The Balaban J connectivity index is 1.61. The Morgan fingerprint density at radius 3 is 2.16 bits per heavy atom. The molecule has 1 saturated heterocycles. The largest absolute Gasteiger partial charge is 0.497 e. The van der Waals surface area contributed by atoms with Gasteiger partial charge in [0.2, 0.25) is 5.91 Å².